The Morgan fingerprint density at radius 1 is 1.07 bits per heavy atom. The van der Waals surface area contributed by atoms with E-state index < -0.39 is 0 Å². The Hall–Kier alpha value is -2.56. The maximum Gasteiger partial charge on any atom is 0.224 e. The smallest absolute Gasteiger partial charge is 0.224 e. The van der Waals surface area contributed by atoms with E-state index in [-0.39, 0.29) is 42.1 Å². The molecule has 0 heterocycles. The van der Waals surface area contributed by atoms with Crippen LogP contribution in [0.2, 0.25) is 0 Å². The second kappa shape index (κ2) is 13.6. The number of guanidine groups is 1. The van der Waals surface area contributed by atoms with Gasteiger partial charge in [0.05, 0.1) is 20.1 Å². The third-order valence-electron chi connectivity index (χ3n) is 3.97. The van der Waals surface area contributed by atoms with Gasteiger partial charge in [0.25, 0.3) is 0 Å². The first-order valence-electron chi connectivity index (χ1n) is 9.35. The molecule has 3 N–H and O–H groups in total. The summed E-state index contributed by atoms with van der Waals surface area (Å²) in [4.78, 5) is 16.1. The lowest BCUT2D eigenvalue weighted by molar-refractivity contribution is -0.120. The summed E-state index contributed by atoms with van der Waals surface area (Å²) >= 11 is 0. The minimum absolute atomic E-state index is 0. The third-order valence-corrected chi connectivity index (χ3v) is 3.97. The number of nitrogens with zero attached hydrogens (tertiary/aromatic N) is 1. The van der Waals surface area contributed by atoms with Crippen LogP contribution in [0, 0.1) is 5.82 Å². The van der Waals surface area contributed by atoms with Crippen molar-refractivity contribution in [1.82, 2.24) is 10.6 Å². The second-order valence-electron chi connectivity index (χ2n) is 6.08. The molecular formula is C21H28FIN4O3. The van der Waals surface area contributed by atoms with Crippen LogP contribution in [0.4, 0.5) is 10.1 Å². The second-order valence-corrected chi connectivity index (χ2v) is 6.08. The zero-order valence-corrected chi connectivity index (χ0v) is 19.7. The van der Waals surface area contributed by atoms with Crippen molar-refractivity contribution in [2.45, 2.75) is 13.3 Å². The lowest BCUT2D eigenvalue weighted by atomic mass is 10.1. The first kappa shape index (κ1) is 25.5. The van der Waals surface area contributed by atoms with Crippen molar-refractivity contribution < 1.29 is 18.7 Å². The zero-order chi connectivity index (χ0) is 21.1. The fraction of sp³-hybridized carbons (Fsp3) is 0.333. The SMILES string of the molecule is CCOc1cc(NC(=NC)NCCNC(=O)Cc2ccc(F)cc2)ccc1OC.I. The molecule has 0 aliphatic heterocycles. The molecule has 9 heteroatoms. The van der Waals surface area contributed by atoms with E-state index in [4.69, 9.17) is 9.47 Å². The van der Waals surface area contributed by atoms with Gasteiger partial charge in [0.15, 0.2) is 17.5 Å². The van der Waals surface area contributed by atoms with Crippen molar-refractivity contribution in [2.24, 2.45) is 4.99 Å². The van der Waals surface area contributed by atoms with Gasteiger partial charge in [-0.05, 0) is 36.8 Å². The van der Waals surface area contributed by atoms with E-state index in [1.165, 1.54) is 12.1 Å². The van der Waals surface area contributed by atoms with Gasteiger partial charge >= 0.3 is 0 Å². The number of halogens is 2. The molecule has 0 fully saturated rings. The van der Waals surface area contributed by atoms with Crippen molar-refractivity contribution in [3.8, 4) is 11.5 Å². The molecular weight excluding hydrogens is 502 g/mol. The molecule has 0 saturated carbocycles. The minimum atomic E-state index is -0.317. The lowest BCUT2D eigenvalue weighted by Crippen LogP contribution is -2.38. The highest BCUT2D eigenvalue weighted by atomic mass is 127. The van der Waals surface area contributed by atoms with Crippen LogP contribution in [0.5, 0.6) is 11.5 Å². The highest BCUT2D eigenvalue weighted by Gasteiger charge is 2.07. The number of anilines is 1. The molecule has 2 rings (SSSR count). The largest absolute Gasteiger partial charge is 0.493 e. The van der Waals surface area contributed by atoms with Crippen LogP contribution in [0.3, 0.4) is 0 Å². The summed E-state index contributed by atoms with van der Waals surface area (Å²) in [7, 11) is 3.26. The Balaban J connectivity index is 0.00000450. The quantitative estimate of drug-likeness (QED) is 0.201. The fourth-order valence-corrected chi connectivity index (χ4v) is 2.57. The Morgan fingerprint density at radius 2 is 1.77 bits per heavy atom. The van der Waals surface area contributed by atoms with Gasteiger partial charge in [0, 0.05) is 31.9 Å². The summed E-state index contributed by atoms with van der Waals surface area (Å²) in [5.74, 6) is 1.42. The van der Waals surface area contributed by atoms with Crippen molar-refractivity contribution >= 4 is 41.5 Å². The zero-order valence-electron chi connectivity index (χ0n) is 17.3. The molecule has 2 aromatic rings. The normalized spacial score (nSPS) is 10.6. The average Bonchev–Trinajstić information content (AvgIpc) is 2.72. The number of methoxy groups -OCH3 is 1. The number of benzene rings is 2. The van der Waals surface area contributed by atoms with Crippen LogP contribution in [0.15, 0.2) is 47.5 Å². The predicted molar refractivity (Wildman–Crippen MR) is 128 cm³/mol. The van der Waals surface area contributed by atoms with Crippen molar-refractivity contribution in [2.75, 3.05) is 39.2 Å². The van der Waals surface area contributed by atoms with E-state index in [0.29, 0.717) is 37.2 Å². The van der Waals surface area contributed by atoms with E-state index in [1.54, 1.807) is 26.3 Å². The molecule has 0 radical (unpaired) electrons. The van der Waals surface area contributed by atoms with Gasteiger partial charge in [-0.2, -0.15) is 0 Å². The molecule has 0 atom stereocenters. The summed E-state index contributed by atoms with van der Waals surface area (Å²) in [5, 5.41) is 9.11. The van der Waals surface area contributed by atoms with Crippen LogP contribution < -0.4 is 25.4 Å². The van der Waals surface area contributed by atoms with Gasteiger partial charge in [-0.25, -0.2) is 4.39 Å². The average molecular weight is 530 g/mol. The van der Waals surface area contributed by atoms with Gasteiger partial charge in [-0.3, -0.25) is 9.79 Å². The minimum Gasteiger partial charge on any atom is -0.493 e. The molecule has 0 aliphatic rings. The molecule has 7 nitrogen and oxygen atoms in total. The van der Waals surface area contributed by atoms with Crippen LogP contribution in [-0.4, -0.2) is 45.7 Å². The Bertz CT molecular complexity index is 832. The number of carbonyl (C=O) groups is 1. The number of amides is 1. The van der Waals surface area contributed by atoms with Gasteiger partial charge in [0.1, 0.15) is 5.82 Å². The van der Waals surface area contributed by atoms with E-state index >= 15 is 0 Å². The topological polar surface area (TPSA) is 84.0 Å². The highest BCUT2D eigenvalue weighted by Crippen LogP contribution is 2.30. The van der Waals surface area contributed by atoms with E-state index in [9.17, 15) is 9.18 Å². The molecule has 1 amide bonds. The maximum atomic E-state index is 12.9. The molecule has 0 saturated heterocycles. The van der Waals surface area contributed by atoms with Crippen LogP contribution in [0.25, 0.3) is 0 Å². The molecule has 30 heavy (non-hydrogen) atoms. The fourth-order valence-electron chi connectivity index (χ4n) is 2.57. The number of ether oxygens (including phenoxy) is 2. The summed E-state index contributed by atoms with van der Waals surface area (Å²) in [5.41, 5.74) is 1.56. The van der Waals surface area contributed by atoms with E-state index in [1.807, 2.05) is 25.1 Å². The molecule has 0 aliphatic carbocycles. The molecule has 0 aromatic heterocycles. The van der Waals surface area contributed by atoms with E-state index in [2.05, 4.69) is 20.9 Å². The highest BCUT2D eigenvalue weighted by molar-refractivity contribution is 14.0. The van der Waals surface area contributed by atoms with Crippen LogP contribution in [0.1, 0.15) is 12.5 Å². The number of hydrogen-bond acceptors (Lipinski definition) is 4. The molecule has 164 valence electrons. The Labute approximate surface area is 193 Å². The summed E-state index contributed by atoms with van der Waals surface area (Å²) in [6, 6.07) is 11.4. The van der Waals surface area contributed by atoms with Crippen LogP contribution >= 0.6 is 24.0 Å². The first-order valence-corrected chi connectivity index (χ1v) is 9.35. The Kier molecular flexibility index (Phi) is 11.6. The first-order chi connectivity index (χ1) is 14.0. The Morgan fingerprint density at radius 3 is 2.40 bits per heavy atom. The molecule has 0 bridgehead atoms. The maximum absolute atomic E-state index is 12.9. The number of nitrogens with one attached hydrogen (secondary N) is 3. The van der Waals surface area contributed by atoms with Gasteiger partial charge in [-0.15, -0.1) is 24.0 Å². The van der Waals surface area contributed by atoms with Gasteiger partial charge in [-0.1, -0.05) is 12.1 Å². The van der Waals surface area contributed by atoms with Gasteiger partial charge < -0.3 is 25.4 Å². The molecule has 0 unspecified atom stereocenters. The summed E-state index contributed by atoms with van der Waals surface area (Å²) in [6.45, 7) is 3.35. The van der Waals surface area contributed by atoms with Crippen molar-refractivity contribution in [3.63, 3.8) is 0 Å². The number of rotatable bonds is 9. The monoisotopic (exact) mass is 530 g/mol. The number of aliphatic imine (C=N–C) groups is 1. The summed E-state index contributed by atoms with van der Waals surface area (Å²) in [6.07, 6.45) is 0.208. The molecule has 2 aromatic carbocycles. The number of hydrogen-bond donors (Lipinski definition) is 3. The molecule has 0 spiro atoms. The standard InChI is InChI=1S/C21H27FN4O3.HI/c1-4-29-19-14-17(9-10-18(19)28-3)26-21(23-2)25-12-11-24-20(27)13-15-5-7-16(22)8-6-15;/h5-10,14H,4,11-13H2,1-3H3,(H,24,27)(H2,23,25,26);1H. The van der Waals surface area contributed by atoms with E-state index in [0.717, 1.165) is 11.3 Å². The predicted octanol–water partition coefficient (Wildman–Crippen LogP) is 3.20. The van der Waals surface area contributed by atoms with Crippen LogP contribution in [-0.2, 0) is 11.2 Å². The number of carbonyl (C=O) groups excluding carboxylic acids is 1. The lowest BCUT2D eigenvalue weighted by Gasteiger charge is -2.15. The van der Waals surface area contributed by atoms with Gasteiger partial charge in [0.2, 0.25) is 5.91 Å². The van der Waals surface area contributed by atoms with Crippen molar-refractivity contribution in [1.29, 1.82) is 0 Å². The van der Waals surface area contributed by atoms with Crippen molar-refractivity contribution in [3.05, 3.63) is 53.8 Å². The summed E-state index contributed by atoms with van der Waals surface area (Å²) < 4.78 is 23.7. The third kappa shape index (κ3) is 8.44.